The summed E-state index contributed by atoms with van der Waals surface area (Å²) in [6.45, 7) is 8.93. The summed E-state index contributed by atoms with van der Waals surface area (Å²) in [7, 11) is 2.08. The predicted octanol–water partition coefficient (Wildman–Crippen LogP) is 3.08. The SMILES string of the molecule is CCN(C)c1ccc([C@H]2CCCN2C(C)C)cn1. The molecule has 100 valence electrons. The van der Waals surface area contributed by atoms with Crippen LogP contribution in [0.5, 0.6) is 0 Å². The van der Waals surface area contributed by atoms with E-state index < -0.39 is 0 Å². The molecule has 1 aromatic heterocycles. The van der Waals surface area contributed by atoms with Crippen molar-refractivity contribution in [1.29, 1.82) is 0 Å². The number of rotatable bonds is 4. The van der Waals surface area contributed by atoms with Gasteiger partial charge in [0.05, 0.1) is 0 Å². The summed E-state index contributed by atoms with van der Waals surface area (Å²) in [5, 5.41) is 0. The van der Waals surface area contributed by atoms with Crippen LogP contribution in [0.25, 0.3) is 0 Å². The fourth-order valence-corrected chi connectivity index (χ4v) is 2.75. The summed E-state index contributed by atoms with van der Waals surface area (Å²) in [5.41, 5.74) is 1.37. The van der Waals surface area contributed by atoms with Gasteiger partial charge in [0.2, 0.25) is 0 Å². The first kappa shape index (κ1) is 13.3. The Labute approximate surface area is 111 Å². The van der Waals surface area contributed by atoms with Crippen molar-refractivity contribution in [2.75, 3.05) is 25.0 Å². The number of pyridine rings is 1. The minimum absolute atomic E-state index is 0.568. The van der Waals surface area contributed by atoms with Gasteiger partial charge in [0.15, 0.2) is 0 Å². The zero-order valence-electron chi connectivity index (χ0n) is 12.1. The second kappa shape index (κ2) is 5.70. The Morgan fingerprint density at radius 1 is 1.44 bits per heavy atom. The molecule has 1 saturated heterocycles. The molecule has 0 saturated carbocycles. The van der Waals surface area contributed by atoms with Gasteiger partial charge >= 0.3 is 0 Å². The number of hydrogen-bond donors (Lipinski definition) is 0. The molecular formula is C15H25N3. The standard InChI is InChI=1S/C15H25N3/c1-5-17(4)15-9-8-13(11-16-15)14-7-6-10-18(14)12(2)3/h8-9,11-12,14H,5-7,10H2,1-4H3/t14-/m1/s1. The third-order valence-corrected chi connectivity index (χ3v) is 3.98. The molecule has 2 rings (SSSR count). The average Bonchev–Trinajstić information content (AvgIpc) is 2.87. The van der Waals surface area contributed by atoms with Gasteiger partial charge in [-0.1, -0.05) is 6.07 Å². The van der Waals surface area contributed by atoms with Crippen LogP contribution in [0.3, 0.4) is 0 Å². The lowest BCUT2D eigenvalue weighted by Gasteiger charge is -2.28. The molecule has 1 aliphatic heterocycles. The molecule has 0 spiro atoms. The van der Waals surface area contributed by atoms with E-state index >= 15 is 0 Å². The third-order valence-electron chi connectivity index (χ3n) is 3.98. The van der Waals surface area contributed by atoms with Crippen LogP contribution in [0.1, 0.15) is 45.2 Å². The summed E-state index contributed by atoms with van der Waals surface area (Å²) in [5.74, 6) is 1.07. The minimum Gasteiger partial charge on any atom is -0.360 e. The second-order valence-corrected chi connectivity index (χ2v) is 5.45. The van der Waals surface area contributed by atoms with Crippen molar-refractivity contribution in [2.24, 2.45) is 0 Å². The first-order valence-electron chi connectivity index (χ1n) is 7.06. The average molecular weight is 247 g/mol. The molecule has 0 bridgehead atoms. The lowest BCUT2D eigenvalue weighted by atomic mass is 10.1. The Kier molecular flexibility index (Phi) is 4.23. The van der Waals surface area contributed by atoms with Crippen LogP contribution < -0.4 is 4.90 Å². The Hall–Kier alpha value is -1.09. The number of likely N-dealkylation sites (tertiary alicyclic amines) is 1. The molecule has 1 fully saturated rings. The van der Waals surface area contributed by atoms with Gasteiger partial charge in [-0.2, -0.15) is 0 Å². The van der Waals surface area contributed by atoms with Gasteiger partial charge in [-0.3, -0.25) is 4.90 Å². The van der Waals surface area contributed by atoms with E-state index in [-0.39, 0.29) is 0 Å². The molecule has 0 radical (unpaired) electrons. The smallest absolute Gasteiger partial charge is 0.128 e. The van der Waals surface area contributed by atoms with Crippen molar-refractivity contribution in [3.05, 3.63) is 23.9 Å². The summed E-state index contributed by atoms with van der Waals surface area (Å²) in [6, 6.07) is 5.59. The van der Waals surface area contributed by atoms with Gasteiger partial charge in [0, 0.05) is 31.9 Å². The Morgan fingerprint density at radius 3 is 2.78 bits per heavy atom. The van der Waals surface area contributed by atoms with Gasteiger partial charge in [0.25, 0.3) is 0 Å². The summed E-state index contributed by atoms with van der Waals surface area (Å²) in [4.78, 5) is 9.34. The summed E-state index contributed by atoms with van der Waals surface area (Å²) >= 11 is 0. The van der Waals surface area contributed by atoms with Gasteiger partial charge in [0.1, 0.15) is 5.82 Å². The maximum absolute atomic E-state index is 4.59. The third kappa shape index (κ3) is 2.66. The van der Waals surface area contributed by atoms with Crippen LogP contribution in [-0.4, -0.2) is 36.1 Å². The molecule has 0 aromatic carbocycles. The number of aromatic nitrogens is 1. The van der Waals surface area contributed by atoms with Crippen LogP contribution in [0.4, 0.5) is 5.82 Å². The fraction of sp³-hybridized carbons (Fsp3) is 0.667. The topological polar surface area (TPSA) is 19.4 Å². The van der Waals surface area contributed by atoms with E-state index in [1.54, 1.807) is 0 Å². The van der Waals surface area contributed by atoms with Crippen molar-refractivity contribution in [3.63, 3.8) is 0 Å². The van der Waals surface area contributed by atoms with Crippen LogP contribution in [0.2, 0.25) is 0 Å². The van der Waals surface area contributed by atoms with Crippen molar-refractivity contribution in [3.8, 4) is 0 Å². The molecule has 3 heteroatoms. The second-order valence-electron chi connectivity index (χ2n) is 5.45. The zero-order chi connectivity index (χ0) is 13.1. The molecule has 3 nitrogen and oxygen atoms in total. The Bertz CT molecular complexity index is 372. The highest BCUT2D eigenvalue weighted by molar-refractivity contribution is 5.38. The summed E-state index contributed by atoms with van der Waals surface area (Å²) < 4.78 is 0. The number of nitrogens with zero attached hydrogens (tertiary/aromatic N) is 3. The predicted molar refractivity (Wildman–Crippen MR) is 77.0 cm³/mol. The van der Waals surface area contributed by atoms with E-state index in [4.69, 9.17) is 0 Å². The molecule has 0 aliphatic carbocycles. The van der Waals surface area contributed by atoms with Crippen molar-refractivity contribution >= 4 is 5.82 Å². The van der Waals surface area contributed by atoms with E-state index in [0.717, 1.165) is 12.4 Å². The summed E-state index contributed by atoms with van der Waals surface area (Å²) in [6.07, 6.45) is 4.63. The maximum atomic E-state index is 4.59. The molecule has 1 atom stereocenters. The highest BCUT2D eigenvalue weighted by Gasteiger charge is 2.27. The lowest BCUT2D eigenvalue weighted by Crippen LogP contribution is -2.30. The van der Waals surface area contributed by atoms with E-state index in [2.05, 4.69) is 60.9 Å². The quantitative estimate of drug-likeness (QED) is 0.815. The number of hydrogen-bond acceptors (Lipinski definition) is 3. The first-order valence-corrected chi connectivity index (χ1v) is 7.06. The van der Waals surface area contributed by atoms with Crippen LogP contribution in [0, 0.1) is 0 Å². The number of anilines is 1. The van der Waals surface area contributed by atoms with Gasteiger partial charge in [-0.15, -0.1) is 0 Å². The Balaban J connectivity index is 2.14. The molecule has 1 aliphatic rings. The largest absolute Gasteiger partial charge is 0.360 e. The molecule has 0 N–H and O–H groups in total. The van der Waals surface area contributed by atoms with Crippen molar-refractivity contribution < 1.29 is 0 Å². The van der Waals surface area contributed by atoms with E-state index in [9.17, 15) is 0 Å². The molecule has 0 amide bonds. The van der Waals surface area contributed by atoms with Gasteiger partial charge in [-0.05, 0) is 51.8 Å². The lowest BCUT2D eigenvalue weighted by molar-refractivity contribution is 0.205. The minimum atomic E-state index is 0.568. The van der Waals surface area contributed by atoms with Crippen LogP contribution >= 0.6 is 0 Å². The molecule has 2 heterocycles. The maximum Gasteiger partial charge on any atom is 0.128 e. The van der Waals surface area contributed by atoms with Crippen LogP contribution in [-0.2, 0) is 0 Å². The van der Waals surface area contributed by atoms with E-state index in [1.807, 2.05) is 0 Å². The first-order chi connectivity index (χ1) is 8.63. The van der Waals surface area contributed by atoms with Crippen molar-refractivity contribution in [2.45, 2.75) is 45.7 Å². The Morgan fingerprint density at radius 2 is 2.22 bits per heavy atom. The van der Waals surface area contributed by atoms with Crippen LogP contribution in [0.15, 0.2) is 18.3 Å². The monoisotopic (exact) mass is 247 g/mol. The highest BCUT2D eigenvalue weighted by Crippen LogP contribution is 2.33. The van der Waals surface area contributed by atoms with E-state index in [0.29, 0.717) is 12.1 Å². The molecule has 18 heavy (non-hydrogen) atoms. The highest BCUT2D eigenvalue weighted by atomic mass is 15.2. The van der Waals surface area contributed by atoms with Gasteiger partial charge < -0.3 is 4.90 Å². The normalized spacial score (nSPS) is 20.6. The van der Waals surface area contributed by atoms with Crippen molar-refractivity contribution in [1.82, 2.24) is 9.88 Å². The zero-order valence-corrected chi connectivity index (χ0v) is 12.1. The molecule has 1 aromatic rings. The van der Waals surface area contributed by atoms with Gasteiger partial charge in [-0.25, -0.2) is 4.98 Å². The molecule has 0 unspecified atom stereocenters. The fourth-order valence-electron chi connectivity index (χ4n) is 2.75. The molecular weight excluding hydrogens is 222 g/mol. The van der Waals surface area contributed by atoms with E-state index in [1.165, 1.54) is 24.9 Å².